The van der Waals surface area contributed by atoms with Crippen LogP contribution in [0.1, 0.15) is 0 Å². The van der Waals surface area contributed by atoms with Crippen molar-refractivity contribution in [2.75, 3.05) is 19.5 Å². The zero-order valence-electron chi connectivity index (χ0n) is 6.39. The zero-order chi connectivity index (χ0) is 8.27. The fraction of sp³-hybridized carbons (Fsp3) is 0.286. The van der Waals surface area contributed by atoms with Crippen LogP contribution >= 0.6 is 11.6 Å². The number of hydrogen-bond acceptors (Lipinski definition) is 3. The number of nitrogens with one attached hydrogen (secondary N) is 1. The van der Waals surface area contributed by atoms with E-state index in [4.69, 9.17) is 16.3 Å². The molecule has 0 unspecified atom stereocenters. The highest BCUT2D eigenvalue weighted by Gasteiger charge is 2.00. The van der Waals surface area contributed by atoms with Gasteiger partial charge < -0.3 is 10.1 Å². The van der Waals surface area contributed by atoms with Gasteiger partial charge in [-0.15, -0.1) is 0 Å². The molecule has 1 aromatic heterocycles. The second-order valence-corrected chi connectivity index (χ2v) is 2.36. The van der Waals surface area contributed by atoms with Crippen molar-refractivity contribution in [3.8, 4) is 5.75 Å². The molecule has 0 atom stereocenters. The van der Waals surface area contributed by atoms with Crippen molar-refractivity contribution in [3.05, 3.63) is 17.3 Å². The molecule has 1 N–H and O–H groups in total. The van der Waals surface area contributed by atoms with Gasteiger partial charge in [-0.25, -0.2) is 4.98 Å². The minimum absolute atomic E-state index is 0.520. The minimum Gasteiger partial charge on any atom is -0.495 e. The summed E-state index contributed by atoms with van der Waals surface area (Å²) in [6.45, 7) is 0. The first kappa shape index (κ1) is 8.14. The highest BCUT2D eigenvalue weighted by atomic mass is 35.5. The normalized spacial score (nSPS) is 9.36. The van der Waals surface area contributed by atoms with E-state index in [1.165, 1.54) is 0 Å². The molecule has 0 aliphatic heterocycles. The predicted octanol–water partition coefficient (Wildman–Crippen LogP) is 1.79. The number of halogens is 1. The van der Waals surface area contributed by atoms with Crippen LogP contribution in [0, 0.1) is 0 Å². The van der Waals surface area contributed by atoms with Gasteiger partial charge in [-0.3, -0.25) is 0 Å². The van der Waals surface area contributed by atoms with Gasteiger partial charge in [-0.2, -0.15) is 0 Å². The molecule has 3 nitrogen and oxygen atoms in total. The average molecular weight is 173 g/mol. The van der Waals surface area contributed by atoms with Crippen LogP contribution in [0.3, 0.4) is 0 Å². The zero-order valence-corrected chi connectivity index (χ0v) is 7.14. The van der Waals surface area contributed by atoms with Crippen LogP contribution in [0.15, 0.2) is 12.3 Å². The summed E-state index contributed by atoms with van der Waals surface area (Å²) in [6.07, 6.45) is 1.55. The monoisotopic (exact) mass is 172 g/mol. The van der Waals surface area contributed by atoms with Crippen molar-refractivity contribution >= 4 is 17.4 Å². The van der Waals surface area contributed by atoms with Crippen molar-refractivity contribution in [1.29, 1.82) is 0 Å². The molecule has 11 heavy (non-hydrogen) atoms. The van der Waals surface area contributed by atoms with Crippen LogP contribution in [-0.2, 0) is 0 Å². The van der Waals surface area contributed by atoms with E-state index in [2.05, 4.69) is 10.3 Å². The van der Waals surface area contributed by atoms with E-state index in [9.17, 15) is 0 Å². The Morgan fingerprint density at radius 2 is 2.36 bits per heavy atom. The van der Waals surface area contributed by atoms with Gasteiger partial charge in [0.25, 0.3) is 0 Å². The van der Waals surface area contributed by atoms with E-state index in [1.54, 1.807) is 26.4 Å². The molecule has 1 rings (SSSR count). The Balaban J connectivity index is 3.02. The molecule has 0 amide bonds. The Morgan fingerprint density at radius 3 is 2.91 bits per heavy atom. The number of hydrogen-bond donors (Lipinski definition) is 1. The summed E-state index contributed by atoms with van der Waals surface area (Å²) in [6, 6.07) is 1.74. The molecule has 0 saturated heterocycles. The SMILES string of the molecule is CNc1cc(OC)c(Cl)cn1. The first-order chi connectivity index (χ1) is 5.27. The molecule has 0 radical (unpaired) electrons. The lowest BCUT2D eigenvalue weighted by molar-refractivity contribution is 0.414. The number of ether oxygens (including phenoxy) is 1. The van der Waals surface area contributed by atoms with Crippen molar-refractivity contribution in [3.63, 3.8) is 0 Å². The van der Waals surface area contributed by atoms with Crippen molar-refractivity contribution in [2.45, 2.75) is 0 Å². The van der Waals surface area contributed by atoms with Crippen molar-refractivity contribution in [1.82, 2.24) is 4.98 Å². The van der Waals surface area contributed by atoms with Gasteiger partial charge in [-0.05, 0) is 0 Å². The molecule has 4 heteroatoms. The van der Waals surface area contributed by atoms with E-state index in [0.717, 1.165) is 5.82 Å². The third kappa shape index (κ3) is 1.74. The van der Waals surface area contributed by atoms with Crippen LogP contribution in [0.5, 0.6) is 5.75 Å². The van der Waals surface area contributed by atoms with Gasteiger partial charge in [0.1, 0.15) is 16.6 Å². The molecular formula is C7H9ClN2O. The Labute approximate surface area is 70.3 Å². The third-order valence-corrected chi connectivity index (χ3v) is 1.58. The molecule has 0 spiro atoms. The van der Waals surface area contributed by atoms with E-state index >= 15 is 0 Å². The van der Waals surface area contributed by atoms with Gasteiger partial charge in [-0.1, -0.05) is 11.6 Å². The van der Waals surface area contributed by atoms with E-state index in [-0.39, 0.29) is 0 Å². The maximum Gasteiger partial charge on any atom is 0.142 e. The topological polar surface area (TPSA) is 34.1 Å². The Morgan fingerprint density at radius 1 is 1.64 bits per heavy atom. The summed E-state index contributed by atoms with van der Waals surface area (Å²) in [5.41, 5.74) is 0. The van der Waals surface area contributed by atoms with Crippen LogP contribution in [-0.4, -0.2) is 19.1 Å². The molecule has 0 saturated carbocycles. The lowest BCUT2D eigenvalue weighted by Gasteiger charge is -2.03. The lowest BCUT2D eigenvalue weighted by atomic mass is 10.4. The summed E-state index contributed by atoms with van der Waals surface area (Å²) in [7, 11) is 3.36. The summed E-state index contributed by atoms with van der Waals surface area (Å²) in [4.78, 5) is 3.98. The number of anilines is 1. The highest BCUT2D eigenvalue weighted by Crippen LogP contribution is 2.24. The molecule has 0 bridgehead atoms. The molecule has 0 aromatic carbocycles. The largest absolute Gasteiger partial charge is 0.495 e. The Bertz CT molecular complexity index is 252. The van der Waals surface area contributed by atoms with E-state index < -0.39 is 0 Å². The lowest BCUT2D eigenvalue weighted by Crippen LogP contribution is -1.93. The molecule has 0 aliphatic carbocycles. The van der Waals surface area contributed by atoms with Gasteiger partial charge in [0.05, 0.1) is 13.3 Å². The van der Waals surface area contributed by atoms with Gasteiger partial charge in [0.15, 0.2) is 0 Å². The number of methoxy groups -OCH3 is 1. The maximum absolute atomic E-state index is 5.74. The summed E-state index contributed by atoms with van der Waals surface area (Å²) in [5, 5.41) is 3.40. The second kappa shape index (κ2) is 3.44. The first-order valence-electron chi connectivity index (χ1n) is 3.15. The highest BCUT2D eigenvalue weighted by molar-refractivity contribution is 6.31. The molecular weight excluding hydrogens is 164 g/mol. The minimum atomic E-state index is 0.520. The standard InChI is InChI=1S/C7H9ClN2O/c1-9-7-3-6(11-2)5(8)4-10-7/h3-4H,1-2H3,(H,9,10). The van der Waals surface area contributed by atoms with Crippen LogP contribution < -0.4 is 10.1 Å². The summed E-state index contributed by atoms with van der Waals surface area (Å²) in [5.74, 6) is 1.37. The van der Waals surface area contributed by atoms with Crippen LogP contribution in [0.2, 0.25) is 5.02 Å². The van der Waals surface area contributed by atoms with Crippen molar-refractivity contribution < 1.29 is 4.74 Å². The first-order valence-corrected chi connectivity index (χ1v) is 3.53. The predicted molar refractivity (Wildman–Crippen MR) is 45.3 cm³/mol. The molecule has 0 aliphatic rings. The van der Waals surface area contributed by atoms with Crippen LogP contribution in [0.25, 0.3) is 0 Å². The Hall–Kier alpha value is -0.960. The molecule has 1 aromatic rings. The maximum atomic E-state index is 5.74. The number of pyridine rings is 1. The Kier molecular flexibility index (Phi) is 2.54. The van der Waals surface area contributed by atoms with E-state index in [1.807, 2.05) is 0 Å². The number of aromatic nitrogens is 1. The van der Waals surface area contributed by atoms with Crippen LogP contribution in [0.4, 0.5) is 5.82 Å². The molecule has 60 valence electrons. The van der Waals surface area contributed by atoms with Gasteiger partial charge >= 0.3 is 0 Å². The number of nitrogens with zero attached hydrogens (tertiary/aromatic N) is 1. The summed E-state index contributed by atoms with van der Waals surface area (Å²) >= 11 is 5.74. The molecule has 0 fully saturated rings. The van der Waals surface area contributed by atoms with Crippen molar-refractivity contribution in [2.24, 2.45) is 0 Å². The number of rotatable bonds is 2. The average Bonchev–Trinajstić information content (AvgIpc) is 2.05. The fourth-order valence-electron chi connectivity index (χ4n) is 0.713. The van der Waals surface area contributed by atoms with Gasteiger partial charge in [0.2, 0.25) is 0 Å². The quantitative estimate of drug-likeness (QED) is 0.739. The van der Waals surface area contributed by atoms with E-state index in [0.29, 0.717) is 10.8 Å². The fourth-order valence-corrected chi connectivity index (χ4v) is 0.894. The van der Waals surface area contributed by atoms with Gasteiger partial charge in [0, 0.05) is 13.1 Å². The smallest absolute Gasteiger partial charge is 0.142 e. The summed E-state index contributed by atoms with van der Waals surface area (Å²) < 4.78 is 4.98. The second-order valence-electron chi connectivity index (χ2n) is 1.95. The molecule has 1 heterocycles. The third-order valence-electron chi connectivity index (χ3n) is 1.30.